The average Bonchev–Trinajstić information content (AvgIpc) is 3.61. The van der Waals surface area contributed by atoms with E-state index in [4.69, 9.17) is 9.47 Å². The van der Waals surface area contributed by atoms with Gasteiger partial charge in [-0.3, -0.25) is 4.79 Å². The fraction of sp³-hybridized carbons (Fsp3) is 0.608. The number of hydrogen-bond donors (Lipinski definition) is 6. The molecule has 83 heavy (non-hydrogen) atoms. The molecule has 1 rings (SSSR count). The largest absolute Gasteiger partial charge is 0.394 e. The summed E-state index contributed by atoms with van der Waals surface area (Å²) < 4.78 is 11.3. The van der Waals surface area contributed by atoms with Crippen LogP contribution in [-0.4, -0.2) is 87.5 Å². The van der Waals surface area contributed by atoms with E-state index in [9.17, 15) is 30.3 Å². The minimum atomic E-state index is -1.59. The minimum Gasteiger partial charge on any atom is -0.394 e. The Morgan fingerprint density at radius 1 is 0.422 bits per heavy atom. The SMILES string of the molecule is CC/C=C\C/C=C\C/C=C\C/C=C\C/C=C\C/C=C\C/C=C\C/C=C\C/C=C\C/C=C\C/C=C\C/C=C\CCCCCCC(=O)NC(COC1OC(CO)C(O)C(O)C1O)C(O)/C=C/CC/C=C/CCCCCCCCCCCCCCC. The maximum absolute atomic E-state index is 13.1. The van der Waals surface area contributed by atoms with Gasteiger partial charge < -0.3 is 40.3 Å². The Labute approximate surface area is 507 Å². The van der Waals surface area contributed by atoms with Crippen LogP contribution in [0.5, 0.6) is 0 Å². The summed E-state index contributed by atoms with van der Waals surface area (Å²) in [5.41, 5.74) is 0. The van der Waals surface area contributed by atoms with E-state index in [1.807, 2.05) is 6.08 Å². The van der Waals surface area contributed by atoms with E-state index in [0.717, 1.165) is 122 Å². The van der Waals surface area contributed by atoms with E-state index < -0.39 is 49.5 Å². The number of unbranched alkanes of at least 4 members (excludes halogenated alkanes) is 18. The van der Waals surface area contributed by atoms with Crippen LogP contribution in [0.25, 0.3) is 0 Å². The van der Waals surface area contributed by atoms with Gasteiger partial charge in [0.05, 0.1) is 25.4 Å². The molecule has 9 nitrogen and oxygen atoms in total. The molecular formula is C74H119NO8. The number of aliphatic hydroxyl groups excluding tert-OH is 5. The van der Waals surface area contributed by atoms with Crippen LogP contribution in [0, 0.1) is 0 Å². The second kappa shape index (κ2) is 60.7. The fourth-order valence-electron chi connectivity index (χ4n) is 9.15. The molecule has 0 radical (unpaired) electrons. The van der Waals surface area contributed by atoms with Gasteiger partial charge in [-0.25, -0.2) is 0 Å². The van der Waals surface area contributed by atoms with Gasteiger partial charge in [0.1, 0.15) is 24.4 Å². The van der Waals surface area contributed by atoms with Crippen LogP contribution >= 0.6 is 0 Å². The molecule has 6 N–H and O–H groups in total. The smallest absolute Gasteiger partial charge is 0.220 e. The maximum Gasteiger partial charge on any atom is 0.220 e. The van der Waals surface area contributed by atoms with Crippen molar-refractivity contribution < 1.29 is 39.8 Å². The summed E-state index contributed by atoms with van der Waals surface area (Å²) in [6, 6.07) is -0.849. The van der Waals surface area contributed by atoms with Gasteiger partial charge in [0.2, 0.25) is 5.91 Å². The molecule has 0 bridgehead atoms. The molecule has 7 unspecified atom stereocenters. The highest BCUT2D eigenvalue weighted by atomic mass is 16.7. The standard InChI is InChI=1S/C74H119NO8/c1-3-5-7-9-11-13-15-17-19-21-23-24-25-26-27-28-29-30-31-32-33-34-35-36-37-38-39-40-41-42-43-44-46-48-50-52-54-56-58-60-62-64-70(78)75-67(66-82-74-73(81)72(80)71(79)69(65-76)83-74)68(77)63-61-59-57-55-53-51-49-47-45-22-20-18-16-14-12-10-8-6-4-2/h5,7,11,13,17,19,23-24,26-27,29-30,32-33,35-36,38-39,41-42,44,46,50,52-53,55,61,63,67-69,71-74,76-77,79-81H,3-4,6,8-10,12,14-16,18,20-22,25,28,31,34,37,40,43,45,47-49,51,54,56-60,62,64-66H2,1-2H3,(H,75,78)/b7-5-,13-11-,19-17-,24-23-,27-26-,30-29-,33-32-,36-35-,39-38-,42-41-,46-44-,52-50-,55-53+,63-61+. The molecule has 1 amide bonds. The molecule has 1 heterocycles. The summed E-state index contributed by atoms with van der Waals surface area (Å²) in [6.45, 7) is 3.63. The molecule has 1 fully saturated rings. The summed E-state index contributed by atoms with van der Waals surface area (Å²) in [4.78, 5) is 13.1. The number of rotatable bonds is 54. The average molecular weight is 1150 g/mol. The Morgan fingerprint density at radius 3 is 1.16 bits per heavy atom. The number of nitrogens with one attached hydrogen (secondary N) is 1. The lowest BCUT2D eigenvalue weighted by atomic mass is 9.99. The Bertz CT molecular complexity index is 1910. The number of carbonyl (C=O) groups is 1. The summed E-state index contributed by atoms with van der Waals surface area (Å²) >= 11 is 0. The molecule has 1 aliphatic heterocycles. The van der Waals surface area contributed by atoms with Crippen molar-refractivity contribution in [1.29, 1.82) is 0 Å². The molecule has 468 valence electrons. The van der Waals surface area contributed by atoms with E-state index in [1.54, 1.807) is 6.08 Å². The van der Waals surface area contributed by atoms with Crippen LogP contribution in [0.1, 0.15) is 232 Å². The lowest BCUT2D eigenvalue weighted by Gasteiger charge is -2.40. The van der Waals surface area contributed by atoms with Crippen molar-refractivity contribution in [3.8, 4) is 0 Å². The number of carbonyl (C=O) groups excluding carboxylic acids is 1. The number of aliphatic hydroxyl groups is 5. The molecule has 1 saturated heterocycles. The van der Waals surface area contributed by atoms with Crippen LogP contribution < -0.4 is 5.32 Å². The Balaban J connectivity index is 2.22. The van der Waals surface area contributed by atoms with Gasteiger partial charge in [-0.05, 0) is 122 Å². The number of allylic oxidation sites excluding steroid dienone is 27. The number of hydrogen-bond acceptors (Lipinski definition) is 8. The quantitative estimate of drug-likeness (QED) is 0.0261. The molecule has 0 aliphatic carbocycles. The Hall–Kier alpha value is -4.45. The first-order valence-electron chi connectivity index (χ1n) is 32.9. The first kappa shape index (κ1) is 76.6. The third-order valence-corrected chi connectivity index (χ3v) is 14.3. The topological polar surface area (TPSA) is 149 Å². The van der Waals surface area contributed by atoms with E-state index in [-0.39, 0.29) is 12.5 Å². The van der Waals surface area contributed by atoms with Crippen molar-refractivity contribution in [3.05, 3.63) is 170 Å². The number of amides is 1. The first-order valence-corrected chi connectivity index (χ1v) is 32.9. The van der Waals surface area contributed by atoms with Gasteiger partial charge >= 0.3 is 0 Å². The Kier molecular flexibility index (Phi) is 56.0. The van der Waals surface area contributed by atoms with Crippen molar-refractivity contribution in [2.24, 2.45) is 0 Å². The minimum absolute atomic E-state index is 0.217. The molecule has 0 spiro atoms. The van der Waals surface area contributed by atoms with Crippen LogP contribution in [0.15, 0.2) is 170 Å². The van der Waals surface area contributed by atoms with Crippen LogP contribution in [0.3, 0.4) is 0 Å². The normalized spacial score (nSPS) is 19.4. The lowest BCUT2D eigenvalue weighted by Crippen LogP contribution is -2.60. The van der Waals surface area contributed by atoms with Gasteiger partial charge in [0.15, 0.2) is 6.29 Å². The highest BCUT2D eigenvalue weighted by molar-refractivity contribution is 5.76. The van der Waals surface area contributed by atoms with Crippen molar-refractivity contribution in [1.82, 2.24) is 5.32 Å². The summed E-state index contributed by atoms with van der Waals surface area (Å²) in [5.74, 6) is -0.217. The van der Waals surface area contributed by atoms with E-state index in [0.29, 0.717) is 12.8 Å². The Morgan fingerprint density at radius 2 is 0.759 bits per heavy atom. The van der Waals surface area contributed by atoms with Gasteiger partial charge in [-0.2, -0.15) is 0 Å². The molecule has 1 aliphatic rings. The highest BCUT2D eigenvalue weighted by Gasteiger charge is 2.44. The zero-order valence-electron chi connectivity index (χ0n) is 52.1. The van der Waals surface area contributed by atoms with E-state index in [1.165, 1.54) is 83.5 Å². The monoisotopic (exact) mass is 1150 g/mol. The van der Waals surface area contributed by atoms with E-state index in [2.05, 4.69) is 177 Å². The molecular weight excluding hydrogens is 1030 g/mol. The van der Waals surface area contributed by atoms with Gasteiger partial charge in [0, 0.05) is 6.42 Å². The number of ether oxygens (including phenoxy) is 2. The molecule has 0 aromatic heterocycles. The third-order valence-electron chi connectivity index (χ3n) is 14.3. The molecule has 0 saturated carbocycles. The second-order valence-corrected chi connectivity index (χ2v) is 21.8. The fourth-order valence-corrected chi connectivity index (χ4v) is 9.15. The second-order valence-electron chi connectivity index (χ2n) is 21.8. The van der Waals surface area contributed by atoms with Gasteiger partial charge in [0.25, 0.3) is 0 Å². The summed E-state index contributed by atoms with van der Waals surface area (Å²) in [7, 11) is 0. The predicted octanol–water partition coefficient (Wildman–Crippen LogP) is 17.7. The van der Waals surface area contributed by atoms with Crippen molar-refractivity contribution in [3.63, 3.8) is 0 Å². The lowest BCUT2D eigenvalue weighted by molar-refractivity contribution is -0.302. The van der Waals surface area contributed by atoms with Crippen molar-refractivity contribution in [2.45, 2.75) is 275 Å². The van der Waals surface area contributed by atoms with Gasteiger partial charge in [-0.15, -0.1) is 0 Å². The zero-order chi connectivity index (χ0) is 60.0. The van der Waals surface area contributed by atoms with Crippen LogP contribution in [-0.2, 0) is 14.3 Å². The van der Waals surface area contributed by atoms with Gasteiger partial charge in [-0.1, -0.05) is 274 Å². The summed E-state index contributed by atoms with van der Waals surface area (Å²) in [5, 5.41) is 54.6. The maximum atomic E-state index is 13.1. The molecule has 0 aromatic carbocycles. The van der Waals surface area contributed by atoms with E-state index >= 15 is 0 Å². The highest BCUT2D eigenvalue weighted by Crippen LogP contribution is 2.23. The first-order chi connectivity index (χ1) is 40.8. The van der Waals surface area contributed by atoms with Crippen LogP contribution in [0.2, 0.25) is 0 Å². The molecule has 7 atom stereocenters. The zero-order valence-corrected chi connectivity index (χ0v) is 52.1. The van der Waals surface area contributed by atoms with Crippen molar-refractivity contribution >= 4 is 5.91 Å². The predicted molar refractivity (Wildman–Crippen MR) is 354 cm³/mol. The molecule has 0 aromatic rings. The van der Waals surface area contributed by atoms with Crippen LogP contribution in [0.4, 0.5) is 0 Å². The van der Waals surface area contributed by atoms with Crippen molar-refractivity contribution in [2.75, 3.05) is 13.2 Å². The summed E-state index contributed by atoms with van der Waals surface area (Å²) in [6.07, 6.45) is 90.0. The third kappa shape index (κ3) is 49.5. The molecule has 9 heteroatoms.